The number of likely N-dealkylation sites (N-methyl/N-ethyl adjacent to an activating group) is 1. The second-order valence-electron chi connectivity index (χ2n) is 7.23. The largest absolute Gasteiger partial charge is 0.379 e. The van der Waals surface area contributed by atoms with Crippen molar-refractivity contribution >= 4 is 15.8 Å². The van der Waals surface area contributed by atoms with Crippen LogP contribution in [0.15, 0.2) is 59.5 Å². The summed E-state index contributed by atoms with van der Waals surface area (Å²) in [7, 11) is 0.337. The molecular weight excluding hydrogens is 376 g/mol. The first-order chi connectivity index (χ1) is 13.4. The van der Waals surface area contributed by atoms with Crippen LogP contribution in [0.25, 0.3) is 0 Å². The van der Waals surface area contributed by atoms with Crippen LogP contribution in [0.5, 0.6) is 0 Å². The minimum atomic E-state index is -3.55. The van der Waals surface area contributed by atoms with Crippen LogP contribution in [-0.2, 0) is 21.2 Å². The van der Waals surface area contributed by atoms with Gasteiger partial charge in [0.2, 0.25) is 15.8 Å². The van der Waals surface area contributed by atoms with Crippen LogP contribution < -0.4 is 4.90 Å². The lowest BCUT2D eigenvalue weighted by Gasteiger charge is -2.26. The van der Waals surface area contributed by atoms with Gasteiger partial charge in [0.25, 0.3) is 0 Å². The van der Waals surface area contributed by atoms with Gasteiger partial charge in [-0.1, -0.05) is 42.5 Å². The van der Waals surface area contributed by atoms with E-state index in [1.165, 1.54) is 4.31 Å². The standard InChI is InChI=1S/C21H26N2O4S/c1-22(2)20(21(24)18-8-4-3-5-9-18)16-17-7-6-10-19(15-17)28(25,26)23-11-13-27-14-12-23/h3-10,15,20H,11-14,16H2,1-2H3/p+1/t20-/m1/s1. The van der Waals surface area contributed by atoms with Gasteiger partial charge < -0.3 is 9.64 Å². The van der Waals surface area contributed by atoms with Crippen molar-refractivity contribution in [2.45, 2.75) is 17.4 Å². The van der Waals surface area contributed by atoms with E-state index in [4.69, 9.17) is 4.74 Å². The van der Waals surface area contributed by atoms with E-state index >= 15 is 0 Å². The van der Waals surface area contributed by atoms with Gasteiger partial charge in [-0.05, 0) is 17.7 Å². The summed E-state index contributed by atoms with van der Waals surface area (Å²) in [6, 6.07) is 15.9. The lowest BCUT2D eigenvalue weighted by Crippen LogP contribution is -3.11. The van der Waals surface area contributed by atoms with E-state index in [-0.39, 0.29) is 16.7 Å². The zero-order chi connectivity index (χ0) is 20.1. The van der Waals surface area contributed by atoms with Gasteiger partial charge in [-0.2, -0.15) is 4.31 Å². The average Bonchev–Trinajstić information content (AvgIpc) is 2.73. The molecule has 0 amide bonds. The molecule has 7 heteroatoms. The molecular formula is C21H27N2O4S+. The molecule has 0 bridgehead atoms. The van der Waals surface area contributed by atoms with Crippen molar-refractivity contribution < 1.29 is 22.8 Å². The van der Waals surface area contributed by atoms with E-state index < -0.39 is 10.0 Å². The Morgan fingerprint density at radius 3 is 2.39 bits per heavy atom. The van der Waals surface area contributed by atoms with Crippen LogP contribution in [0.3, 0.4) is 0 Å². The fourth-order valence-corrected chi connectivity index (χ4v) is 4.85. The Bertz CT molecular complexity index is 907. The fourth-order valence-electron chi connectivity index (χ4n) is 3.37. The number of hydrogen-bond acceptors (Lipinski definition) is 4. The highest BCUT2D eigenvalue weighted by molar-refractivity contribution is 7.89. The molecule has 1 aliphatic heterocycles. The maximum Gasteiger partial charge on any atom is 0.243 e. The average molecular weight is 404 g/mol. The van der Waals surface area contributed by atoms with Crippen molar-refractivity contribution in [3.8, 4) is 0 Å². The Labute approximate surface area is 166 Å². The number of benzene rings is 2. The Balaban J connectivity index is 1.83. The van der Waals surface area contributed by atoms with Crippen LogP contribution in [0.2, 0.25) is 0 Å². The van der Waals surface area contributed by atoms with Gasteiger partial charge >= 0.3 is 0 Å². The predicted molar refractivity (Wildman–Crippen MR) is 107 cm³/mol. The van der Waals surface area contributed by atoms with Crippen LogP contribution >= 0.6 is 0 Å². The molecule has 2 aromatic rings. The molecule has 1 heterocycles. The first kappa shape index (κ1) is 20.7. The van der Waals surface area contributed by atoms with Gasteiger partial charge in [0.05, 0.1) is 32.2 Å². The Morgan fingerprint density at radius 2 is 1.75 bits per heavy atom. The van der Waals surface area contributed by atoms with E-state index in [1.54, 1.807) is 18.2 Å². The van der Waals surface area contributed by atoms with E-state index in [1.807, 2.05) is 50.5 Å². The Kier molecular flexibility index (Phi) is 6.61. The second-order valence-corrected chi connectivity index (χ2v) is 9.17. The highest BCUT2D eigenvalue weighted by atomic mass is 32.2. The summed E-state index contributed by atoms with van der Waals surface area (Å²) in [5.41, 5.74) is 1.51. The summed E-state index contributed by atoms with van der Waals surface area (Å²) in [5.74, 6) is 0.0574. The zero-order valence-electron chi connectivity index (χ0n) is 16.3. The van der Waals surface area contributed by atoms with Gasteiger partial charge in [-0.15, -0.1) is 0 Å². The number of rotatable bonds is 7. The van der Waals surface area contributed by atoms with Gasteiger partial charge in [0.1, 0.15) is 0 Å². The van der Waals surface area contributed by atoms with Gasteiger partial charge in [-0.25, -0.2) is 8.42 Å². The molecule has 150 valence electrons. The number of nitrogens with one attached hydrogen (secondary N) is 1. The third kappa shape index (κ3) is 4.67. The maximum absolute atomic E-state index is 13.0. The first-order valence-electron chi connectivity index (χ1n) is 9.46. The van der Waals surface area contributed by atoms with Crippen LogP contribution in [0.4, 0.5) is 0 Å². The summed E-state index contributed by atoms with van der Waals surface area (Å²) in [5, 5.41) is 0. The zero-order valence-corrected chi connectivity index (χ0v) is 17.1. The number of quaternary nitrogens is 1. The van der Waals surface area contributed by atoms with Gasteiger partial charge in [0, 0.05) is 25.1 Å². The minimum Gasteiger partial charge on any atom is -0.379 e. The molecule has 2 aromatic carbocycles. The van der Waals surface area contributed by atoms with Crippen LogP contribution in [-0.4, -0.2) is 64.9 Å². The molecule has 0 aliphatic carbocycles. The molecule has 1 N–H and O–H groups in total. The summed E-state index contributed by atoms with van der Waals surface area (Å²) in [6.45, 7) is 1.56. The number of carbonyl (C=O) groups excluding carboxylic acids is 1. The van der Waals surface area contributed by atoms with Crippen LogP contribution in [0, 0.1) is 0 Å². The van der Waals surface area contributed by atoms with Crippen molar-refractivity contribution in [1.29, 1.82) is 0 Å². The molecule has 28 heavy (non-hydrogen) atoms. The number of hydrogen-bond donors (Lipinski definition) is 1. The Morgan fingerprint density at radius 1 is 1.07 bits per heavy atom. The topological polar surface area (TPSA) is 68.1 Å². The van der Waals surface area contributed by atoms with Gasteiger partial charge in [-0.3, -0.25) is 4.79 Å². The maximum atomic E-state index is 13.0. The van der Waals surface area contributed by atoms with Crippen molar-refractivity contribution in [1.82, 2.24) is 4.31 Å². The monoisotopic (exact) mass is 403 g/mol. The molecule has 6 nitrogen and oxygen atoms in total. The molecule has 1 saturated heterocycles. The third-order valence-corrected chi connectivity index (χ3v) is 6.91. The van der Waals surface area contributed by atoms with E-state index in [9.17, 15) is 13.2 Å². The summed E-state index contributed by atoms with van der Waals surface area (Å²) < 4.78 is 32.5. The van der Waals surface area contributed by atoms with Gasteiger partial charge in [0.15, 0.2) is 6.04 Å². The van der Waals surface area contributed by atoms with E-state index in [0.29, 0.717) is 38.3 Å². The molecule has 0 spiro atoms. The predicted octanol–water partition coefficient (Wildman–Crippen LogP) is 0.646. The molecule has 1 aliphatic rings. The summed E-state index contributed by atoms with van der Waals surface area (Å²) in [4.78, 5) is 14.2. The number of morpholine rings is 1. The number of Topliss-reactive ketones (excluding diaryl/α,β-unsaturated/α-hetero) is 1. The fraction of sp³-hybridized carbons (Fsp3) is 0.381. The van der Waals surface area contributed by atoms with E-state index in [2.05, 4.69) is 0 Å². The number of ketones is 1. The van der Waals surface area contributed by atoms with Crippen LogP contribution in [0.1, 0.15) is 15.9 Å². The number of nitrogens with zero attached hydrogens (tertiary/aromatic N) is 1. The molecule has 0 unspecified atom stereocenters. The molecule has 0 saturated carbocycles. The smallest absolute Gasteiger partial charge is 0.243 e. The summed E-state index contributed by atoms with van der Waals surface area (Å²) in [6.07, 6.45) is 0.475. The SMILES string of the molecule is C[NH+](C)[C@H](Cc1cccc(S(=O)(=O)N2CCOCC2)c1)C(=O)c1ccccc1. The lowest BCUT2D eigenvalue weighted by molar-refractivity contribution is -0.874. The number of ether oxygens (including phenoxy) is 1. The lowest BCUT2D eigenvalue weighted by atomic mass is 9.97. The highest BCUT2D eigenvalue weighted by Crippen LogP contribution is 2.19. The molecule has 0 radical (unpaired) electrons. The first-order valence-corrected chi connectivity index (χ1v) is 10.9. The number of sulfonamides is 1. The Hall–Kier alpha value is -2.06. The van der Waals surface area contributed by atoms with Crippen molar-refractivity contribution in [3.63, 3.8) is 0 Å². The van der Waals surface area contributed by atoms with Crippen molar-refractivity contribution in [3.05, 3.63) is 65.7 Å². The minimum absolute atomic E-state index is 0.0574. The summed E-state index contributed by atoms with van der Waals surface area (Å²) >= 11 is 0. The van der Waals surface area contributed by atoms with Crippen molar-refractivity contribution in [2.75, 3.05) is 40.4 Å². The highest BCUT2D eigenvalue weighted by Gasteiger charge is 2.29. The second kappa shape index (κ2) is 8.96. The molecule has 3 rings (SSSR count). The number of carbonyl (C=O) groups is 1. The van der Waals surface area contributed by atoms with Crippen molar-refractivity contribution in [2.24, 2.45) is 0 Å². The van der Waals surface area contributed by atoms with E-state index in [0.717, 1.165) is 10.5 Å². The third-order valence-electron chi connectivity index (χ3n) is 5.02. The molecule has 1 fully saturated rings. The quantitative estimate of drug-likeness (QED) is 0.690. The molecule has 0 aromatic heterocycles. The molecule has 1 atom stereocenters. The normalized spacial score (nSPS) is 16.8.